The molecule has 4 aromatic rings. The number of hydrogen-bond acceptors (Lipinski definition) is 9. The van der Waals surface area contributed by atoms with Crippen LogP contribution in [0.1, 0.15) is 30.4 Å². The molecule has 1 fully saturated rings. The highest BCUT2D eigenvalue weighted by Crippen LogP contribution is 2.18. The summed E-state index contributed by atoms with van der Waals surface area (Å²) in [4.78, 5) is 27.6. The number of anilines is 2. The average Bonchev–Trinajstić information content (AvgIpc) is 3.55. The molecule has 0 unspecified atom stereocenters. The number of alkyl halides is 1. The highest BCUT2D eigenvalue weighted by Gasteiger charge is 2.18. The fourth-order valence-electron chi connectivity index (χ4n) is 4.26. The van der Waals surface area contributed by atoms with Crippen LogP contribution >= 0.6 is 0 Å². The summed E-state index contributed by atoms with van der Waals surface area (Å²) in [6.07, 6.45) is 3.69. The fourth-order valence-corrected chi connectivity index (χ4v) is 4.26. The lowest BCUT2D eigenvalue weighted by molar-refractivity contribution is -0.118. The highest BCUT2D eigenvalue weighted by molar-refractivity contribution is 5.81. The standard InChI is InChI=1S/C25H29FN8O2/c26-19-8-12-33(13-9-19)14-10-20(35)16-18-5-3-17(4-6-18)7-11-28-24-30-23(27)34-25(31-24)29-22(32-34)21-2-1-15-36-21/h1-6,15,19H,7-14,16H2,(H3,27,28,29,30,31,32). The van der Waals surface area contributed by atoms with Gasteiger partial charge in [0.1, 0.15) is 12.0 Å². The van der Waals surface area contributed by atoms with E-state index < -0.39 is 6.17 Å². The smallest absolute Gasteiger partial charge is 0.259 e. The number of benzene rings is 1. The maximum Gasteiger partial charge on any atom is 0.259 e. The molecule has 0 bridgehead atoms. The number of nitrogens with two attached hydrogens (primary N) is 1. The van der Waals surface area contributed by atoms with E-state index in [2.05, 4.69) is 30.3 Å². The summed E-state index contributed by atoms with van der Waals surface area (Å²) in [6.45, 7) is 2.80. The van der Waals surface area contributed by atoms with Crippen LogP contribution in [0.3, 0.4) is 0 Å². The zero-order valence-corrected chi connectivity index (χ0v) is 19.9. The number of piperidine rings is 1. The van der Waals surface area contributed by atoms with Crippen molar-refractivity contribution in [3.63, 3.8) is 0 Å². The first-order valence-corrected chi connectivity index (χ1v) is 12.2. The quantitative estimate of drug-likeness (QED) is 0.343. The number of rotatable bonds is 10. The Morgan fingerprint density at radius 1 is 1.11 bits per heavy atom. The summed E-state index contributed by atoms with van der Waals surface area (Å²) in [5, 5.41) is 7.46. The van der Waals surface area contributed by atoms with Gasteiger partial charge in [-0.15, -0.1) is 5.10 Å². The number of carbonyl (C=O) groups excluding carboxylic acids is 1. The van der Waals surface area contributed by atoms with E-state index in [1.807, 2.05) is 24.3 Å². The second-order valence-corrected chi connectivity index (χ2v) is 9.00. The van der Waals surface area contributed by atoms with Gasteiger partial charge in [-0.1, -0.05) is 24.3 Å². The molecule has 3 aromatic heterocycles. The van der Waals surface area contributed by atoms with Crippen molar-refractivity contribution in [2.45, 2.75) is 38.3 Å². The summed E-state index contributed by atoms with van der Waals surface area (Å²) >= 11 is 0. The fraction of sp³-hybridized carbons (Fsp3) is 0.400. The number of nitrogens with zero attached hydrogens (tertiary/aromatic N) is 6. The van der Waals surface area contributed by atoms with E-state index in [4.69, 9.17) is 10.2 Å². The van der Waals surface area contributed by atoms with E-state index in [1.165, 1.54) is 4.52 Å². The number of nitrogen functional groups attached to an aromatic ring is 1. The number of hydrogen-bond donors (Lipinski definition) is 2. The minimum Gasteiger partial charge on any atom is -0.461 e. The molecule has 11 heteroatoms. The van der Waals surface area contributed by atoms with E-state index in [0.717, 1.165) is 30.6 Å². The van der Waals surface area contributed by atoms with Gasteiger partial charge in [-0.05, 0) is 42.5 Å². The van der Waals surface area contributed by atoms with Gasteiger partial charge < -0.3 is 20.4 Å². The first-order valence-electron chi connectivity index (χ1n) is 12.2. The Balaban J connectivity index is 1.09. The summed E-state index contributed by atoms with van der Waals surface area (Å²) in [5.74, 6) is 2.00. The first kappa shape index (κ1) is 23.9. The minimum absolute atomic E-state index is 0.175. The van der Waals surface area contributed by atoms with Crippen molar-refractivity contribution in [1.29, 1.82) is 0 Å². The molecule has 1 aliphatic rings. The van der Waals surface area contributed by atoms with E-state index in [0.29, 0.717) is 62.1 Å². The molecule has 1 aromatic carbocycles. The van der Waals surface area contributed by atoms with Gasteiger partial charge in [0.05, 0.1) is 6.26 Å². The Morgan fingerprint density at radius 2 is 1.89 bits per heavy atom. The molecule has 36 heavy (non-hydrogen) atoms. The van der Waals surface area contributed by atoms with Gasteiger partial charge in [-0.2, -0.15) is 19.5 Å². The lowest BCUT2D eigenvalue weighted by Crippen LogP contribution is -2.35. The van der Waals surface area contributed by atoms with Crippen LogP contribution in [-0.2, 0) is 17.6 Å². The Kier molecular flexibility index (Phi) is 7.17. The van der Waals surface area contributed by atoms with Gasteiger partial charge in [0, 0.05) is 39.0 Å². The van der Waals surface area contributed by atoms with E-state index in [1.54, 1.807) is 18.4 Å². The largest absolute Gasteiger partial charge is 0.461 e. The predicted octanol–water partition coefficient (Wildman–Crippen LogP) is 2.95. The van der Waals surface area contributed by atoms with Gasteiger partial charge in [-0.3, -0.25) is 4.79 Å². The number of nitrogens with one attached hydrogen (secondary N) is 1. The Labute approximate surface area is 207 Å². The molecule has 10 nitrogen and oxygen atoms in total. The lowest BCUT2D eigenvalue weighted by atomic mass is 10.0. The highest BCUT2D eigenvalue weighted by atomic mass is 19.1. The maximum absolute atomic E-state index is 13.2. The molecular formula is C25H29FN8O2. The van der Waals surface area contributed by atoms with Crippen molar-refractivity contribution < 1.29 is 13.6 Å². The summed E-state index contributed by atoms with van der Waals surface area (Å²) in [7, 11) is 0. The lowest BCUT2D eigenvalue weighted by Gasteiger charge is -2.28. The number of ketones is 1. The number of halogens is 1. The monoisotopic (exact) mass is 492 g/mol. The van der Waals surface area contributed by atoms with Crippen LogP contribution in [0, 0.1) is 0 Å². The number of aromatic nitrogens is 5. The molecule has 0 radical (unpaired) electrons. The Hall–Kier alpha value is -3.86. The van der Waals surface area contributed by atoms with Crippen molar-refractivity contribution in [2.75, 3.05) is 37.2 Å². The van der Waals surface area contributed by atoms with Gasteiger partial charge in [0.25, 0.3) is 5.78 Å². The van der Waals surface area contributed by atoms with Crippen molar-refractivity contribution in [2.24, 2.45) is 0 Å². The number of Topliss-reactive ketones (excluding diaryl/α,β-unsaturated/α-hetero) is 1. The minimum atomic E-state index is -0.685. The molecule has 1 aliphatic heterocycles. The topological polar surface area (TPSA) is 127 Å². The molecule has 0 aliphatic carbocycles. The van der Waals surface area contributed by atoms with Gasteiger partial charge in [0.15, 0.2) is 5.76 Å². The predicted molar refractivity (Wildman–Crippen MR) is 133 cm³/mol. The third-order valence-corrected chi connectivity index (χ3v) is 6.32. The molecule has 0 spiro atoms. The second kappa shape index (κ2) is 10.8. The van der Waals surface area contributed by atoms with Gasteiger partial charge in [-0.25, -0.2) is 4.39 Å². The van der Waals surface area contributed by atoms with E-state index in [-0.39, 0.29) is 11.7 Å². The molecule has 0 atom stereocenters. The van der Waals surface area contributed by atoms with Crippen molar-refractivity contribution in [3.05, 3.63) is 53.8 Å². The van der Waals surface area contributed by atoms with Crippen LogP contribution in [0.25, 0.3) is 17.4 Å². The normalized spacial score (nSPS) is 14.9. The van der Waals surface area contributed by atoms with Crippen LogP contribution in [0.5, 0.6) is 0 Å². The molecule has 5 rings (SSSR count). The van der Waals surface area contributed by atoms with Gasteiger partial charge >= 0.3 is 0 Å². The molecule has 3 N–H and O–H groups in total. The SMILES string of the molecule is Nc1nc(NCCc2ccc(CC(=O)CCN3CCC(F)CC3)cc2)nc2nc(-c3ccco3)nn12. The summed E-state index contributed by atoms with van der Waals surface area (Å²) in [5.41, 5.74) is 8.15. The number of likely N-dealkylation sites (tertiary alicyclic amines) is 1. The van der Waals surface area contributed by atoms with Crippen molar-refractivity contribution in [3.8, 4) is 11.6 Å². The van der Waals surface area contributed by atoms with Crippen LogP contribution in [-0.4, -0.2) is 67.6 Å². The third-order valence-electron chi connectivity index (χ3n) is 6.32. The molecule has 0 saturated carbocycles. The summed E-state index contributed by atoms with van der Waals surface area (Å²) in [6, 6.07) is 11.6. The second-order valence-electron chi connectivity index (χ2n) is 9.00. The van der Waals surface area contributed by atoms with E-state index in [9.17, 15) is 9.18 Å². The Bertz CT molecular complexity index is 1300. The van der Waals surface area contributed by atoms with E-state index >= 15 is 0 Å². The maximum atomic E-state index is 13.2. The van der Waals surface area contributed by atoms with Crippen LogP contribution < -0.4 is 11.1 Å². The molecule has 188 valence electrons. The average molecular weight is 493 g/mol. The van der Waals surface area contributed by atoms with Gasteiger partial charge in [0.2, 0.25) is 17.7 Å². The zero-order chi connectivity index (χ0) is 24.9. The van der Waals surface area contributed by atoms with Crippen LogP contribution in [0.15, 0.2) is 47.1 Å². The number of carbonyl (C=O) groups is 1. The van der Waals surface area contributed by atoms with Crippen molar-refractivity contribution in [1.82, 2.24) is 29.5 Å². The van der Waals surface area contributed by atoms with Crippen LogP contribution in [0.4, 0.5) is 16.3 Å². The van der Waals surface area contributed by atoms with Crippen molar-refractivity contribution >= 4 is 23.5 Å². The Morgan fingerprint density at radius 3 is 2.64 bits per heavy atom. The number of fused-ring (bicyclic) bond motifs is 1. The molecular weight excluding hydrogens is 463 g/mol. The molecule has 1 saturated heterocycles. The molecule has 0 amide bonds. The van der Waals surface area contributed by atoms with Crippen LogP contribution in [0.2, 0.25) is 0 Å². The zero-order valence-electron chi connectivity index (χ0n) is 19.9. The summed E-state index contributed by atoms with van der Waals surface area (Å²) < 4.78 is 19.9. The first-order chi connectivity index (χ1) is 17.5. The number of furan rings is 1. The third kappa shape index (κ3) is 5.85. The molecule has 4 heterocycles.